The molecule has 0 spiro atoms. The predicted octanol–water partition coefficient (Wildman–Crippen LogP) is 2.28. The number of fused-ring (bicyclic) bond motifs is 1. The average molecular weight is 449 g/mol. The summed E-state index contributed by atoms with van der Waals surface area (Å²) in [5, 5.41) is 0. The number of aromatic nitrogens is 4. The molecule has 4 heterocycles. The van der Waals surface area contributed by atoms with Crippen molar-refractivity contribution in [2.45, 2.75) is 38.3 Å². The maximum Gasteiger partial charge on any atom is 0.274 e. The van der Waals surface area contributed by atoms with E-state index in [1.54, 1.807) is 17.0 Å². The van der Waals surface area contributed by atoms with E-state index in [-0.39, 0.29) is 35.4 Å². The molecule has 2 aliphatic rings. The van der Waals surface area contributed by atoms with Gasteiger partial charge in [-0.2, -0.15) is 0 Å². The Hall–Kier alpha value is -3.46. The summed E-state index contributed by atoms with van der Waals surface area (Å²) >= 11 is 0. The average Bonchev–Trinajstić information content (AvgIpc) is 2.84. The number of amides is 1. The largest absolute Gasteiger partial charge is 0.332 e. The number of aromatic amines is 1. The number of carbonyl (C=O) groups excluding carboxylic acids is 1. The zero-order valence-corrected chi connectivity index (χ0v) is 18.2. The number of likely N-dealkylation sites (tertiary alicyclic amines) is 1. The van der Waals surface area contributed by atoms with E-state index >= 15 is 0 Å². The molecule has 33 heavy (non-hydrogen) atoms. The van der Waals surface area contributed by atoms with Crippen LogP contribution in [0, 0.1) is 5.82 Å². The van der Waals surface area contributed by atoms with Crippen molar-refractivity contribution in [1.29, 1.82) is 0 Å². The van der Waals surface area contributed by atoms with Gasteiger partial charge in [-0.15, -0.1) is 0 Å². The lowest BCUT2D eigenvalue weighted by Crippen LogP contribution is -2.40. The first kappa shape index (κ1) is 21.4. The fourth-order valence-electron chi connectivity index (χ4n) is 4.64. The van der Waals surface area contributed by atoms with Gasteiger partial charge in [-0.05, 0) is 43.6 Å². The zero-order valence-electron chi connectivity index (χ0n) is 18.2. The SMILES string of the molecule is O=C(c1cnccn1)N1CCc2nc(C3CCN(Cc4cccc(F)c4)CC3)[nH]c(=O)c2C1. The Kier molecular flexibility index (Phi) is 5.95. The molecule has 9 heteroatoms. The fraction of sp³-hybridized carbons (Fsp3) is 0.375. The number of hydrogen-bond acceptors (Lipinski definition) is 6. The Morgan fingerprint density at radius 3 is 2.79 bits per heavy atom. The van der Waals surface area contributed by atoms with Crippen molar-refractivity contribution in [2.24, 2.45) is 0 Å². The van der Waals surface area contributed by atoms with Crippen molar-refractivity contribution in [1.82, 2.24) is 29.7 Å². The number of hydrogen-bond donors (Lipinski definition) is 1. The van der Waals surface area contributed by atoms with Gasteiger partial charge in [0.15, 0.2) is 0 Å². The van der Waals surface area contributed by atoms with Crippen LogP contribution >= 0.6 is 0 Å². The third-order valence-corrected chi connectivity index (χ3v) is 6.43. The van der Waals surface area contributed by atoms with Gasteiger partial charge in [0.1, 0.15) is 17.3 Å². The van der Waals surface area contributed by atoms with Crippen LogP contribution in [0.2, 0.25) is 0 Å². The van der Waals surface area contributed by atoms with Gasteiger partial charge in [-0.3, -0.25) is 19.5 Å². The van der Waals surface area contributed by atoms with E-state index in [1.165, 1.54) is 24.7 Å². The molecule has 1 saturated heterocycles. The van der Waals surface area contributed by atoms with Crippen LogP contribution in [-0.4, -0.2) is 55.3 Å². The molecule has 3 aromatic rings. The number of nitrogens with one attached hydrogen (secondary N) is 1. The Morgan fingerprint density at radius 2 is 2.03 bits per heavy atom. The number of rotatable bonds is 4. The van der Waals surface area contributed by atoms with Crippen molar-refractivity contribution in [2.75, 3.05) is 19.6 Å². The van der Waals surface area contributed by atoms with Crippen LogP contribution in [0.3, 0.4) is 0 Å². The van der Waals surface area contributed by atoms with Crippen LogP contribution in [0.15, 0.2) is 47.7 Å². The molecule has 0 atom stereocenters. The molecule has 1 aromatic carbocycles. The first-order valence-corrected chi connectivity index (χ1v) is 11.2. The Balaban J connectivity index is 1.24. The summed E-state index contributed by atoms with van der Waals surface area (Å²) in [5.74, 6) is 0.474. The van der Waals surface area contributed by atoms with Crippen LogP contribution in [0.4, 0.5) is 4.39 Å². The molecule has 0 unspecified atom stereocenters. The summed E-state index contributed by atoms with van der Waals surface area (Å²) in [4.78, 5) is 45.3. The van der Waals surface area contributed by atoms with Crippen LogP contribution in [-0.2, 0) is 19.5 Å². The molecule has 8 nitrogen and oxygen atoms in total. The van der Waals surface area contributed by atoms with Gasteiger partial charge in [0.2, 0.25) is 0 Å². The summed E-state index contributed by atoms with van der Waals surface area (Å²) in [6.07, 6.45) is 6.74. The van der Waals surface area contributed by atoms with E-state index in [2.05, 4.69) is 19.9 Å². The first-order valence-electron chi connectivity index (χ1n) is 11.2. The standard InChI is InChI=1S/C24H25FN6O2/c25-18-3-1-2-16(12-18)14-30-9-4-17(5-10-30)22-28-20-6-11-31(15-19(20)23(32)29-22)24(33)21-13-26-7-8-27-21/h1-3,7-8,12-13,17H,4-6,9-11,14-15H2,(H,28,29,32). The van der Waals surface area contributed by atoms with Gasteiger partial charge in [-0.25, -0.2) is 14.4 Å². The number of benzene rings is 1. The summed E-state index contributed by atoms with van der Waals surface area (Å²) in [6.45, 7) is 3.16. The molecule has 1 fully saturated rings. The zero-order chi connectivity index (χ0) is 22.8. The molecule has 2 aliphatic heterocycles. The minimum Gasteiger partial charge on any atom is -0.332 e. The molecule has 0 aliphatic carbocycles. The van der Waals surface area contributed by atoms with E-state index in [0.29, 0.717) is 25.1 Å². The summed E-state index contributed by atoms with van der Waals surface area (Å²) in [7, 11) is 0. The molecule has 0 saturated carbocycles. The molecular formula is C24H25FN6O2. The molecule has 1 N–H and O–H groups in total. The summed E-state index contributed by atoms with van der Waals surface area (Å²) in [5.41, 5.74) is 2.39. The van der Waals surface area contributed by atoms with Crippen molar-refractivity contribution in [3.63, 3.8) is 0 Å². The van der Waals surface area contributed by atoms with Crippen molar-refractivity contribution in [3.8, 4) is 0 Å². The quantitative estimate of drug-likeness (QED) is 0.658. The summed E-state index contributed by atoms with van der Waals surface area (Å²) < 4.78 is 13.4. The third kappa shape index (κ3) is 4.68. The van der Waals surface area contributed by atoms with E-state index in [9.17, 15) is 14.0 Å². The van der Waals surface area contributed by atoms with E-state index in [1.807, 2.05) is 6.07 Å². The van der Waals surface area contributed by atoms with E-state index < -0.39 is 0 Å². The highest BCUT2D eigenvalue weighted by Crippen LogP contribution is 2.27. The van der Waals surface area contributed by atoms with Gasteiger partial charge in [-0.1, -0.05) is 12.1 Å². The van der Waals surface area contributed by atoms with Crippen LogP contribution in [0.1, 0.15) is 51.9 Å². The predicted molar refractivity (Wildman–Crippen MR) is 119 cm³/mol. The van der Waals surface area contributed by atoms with Gasteiger partial charge in [0.25, 0.3) is 11.5 Å². The minimum absolute atomic E-state index is 0.172. The monoisotopic (exact) mass is 448 g/mol. The smallest absolute Gasteiger partial charge is 0.274 e. The van der Waals surface area contributed by atoms with Crippen LogP contribution in [0.25, 0.3) is 0 Å². The number of H-pyrrole nitrogens is 1. The molecular weight excluding hydrogens is 423 g/mol. The van der Waals surface area contributed by atoms with Crippen LogP contribution < -0.4 is 5.56 Å². The normalized spacial score (nSPS) is 17.1. The number of piperidine rings is 1. The van der Waals surface area contributed by atoms with E-state index in [0.717, 1.165) is 43.0 Å². The van der Waals surface area contributed by atoms with Crippen molar-refractivity contribution in [3.05, 3.63) is 87.4 Å². The molecule has 1 amide bonds. The maximum atomic E-state index is 13.4. The lowest BCUT2D eigenvalue weighted by atomic mass is 9.95. The van der Waals surface area contributed by atoms with Crippen LogP contribution in [0.5, 0.6) is 0 Å². The second-order valence-electron chi connectivity index (χ2n) is 8.62. The Bertz CT molecular complexity index is 1210. The topological polar surface area (TPSA) is 95.1 Å². The summed E-state index contributed by atoms with van der Waals surface area (Å²) in [6, 6.07) is 6.71. The number of halogens is 1. The maximum absolute atomic E-state index is 13.4. The Morgan fingerprint density at radius 1 is 1.18 bits per heavy atom. The highest BCUT2D eigenvalue weighted by molar-refractivity contribution is 5.92. The molecule has 0 radical (unpaired) electrons. The van der Waals surface area contributed by atoms with Crippen molar-refractivity contribution < 1.29 is 9.18 Å². The second kappa shape index (κ2) is 9.19. The van der Waals surface area contributed by atoms with Crippen molar-refractivity contribution >= 4 is 5.91 Å². The van der Waals surface area contributed by atoms with Gasteiger partial charge in [0, 0.05) is 37.8 Å². The van der Waals surface area contributed by atoms with Gasteiger partial charge in [0.05, 0.1) is 24.0 Å². The minimum atomic E-state index is -0.233. The highest BCUT2D eigenvalue weighted by atomic mass is 19.1. The first-order chi connectivity index (χ1) is 16.1. The Labute approximate surface area is 190 Å². The van der Waals surface area contributed by atoms with E-state index in [4.69, 9.17) is 4.98 Å². The fourth-order valence-corrected chi connectivity index (χ4v) is 4.64. The molecule has 5 rings (SSSR count). The lowest BCUT2D eigenvalue weighted by Gasteiger charge is -2.32. The molecule has 0 bridgehead atoms. The molecule has 2 aromatic heterocycles. The number of carbonyl (C=O) groups is 1. The highest BCUT2D eigenvalue weighted by Gasteiger charge is 2.28. The second-order valence-corrected chi connectivity index (χ2v) is 8.62. The lowest BCUT2D eigenvalue weighted by molar-refractivity contribution is 0.0726. The third-order valence-electron chi connectivity index (χ3n) is 6.43. The van der Waals surface area contributed by atoms with Gasteiger partial charge >= 0.3 is 0 Å². The van der Waals surface area contributed by atoms with Gasteiger partial charge < -0.3 is 9.88 Å². The number of nitrogens with zero attached hydrogens (tertiary/aromatic N) is 5. The molecule has 170 valence electrons.